The molecule has 1 unspecified atom stereocenters. The SMILES string of the molecule is O=C(c1c(Cl)nc2ccccn12)N1CCC2(C1)OCc1ccccc12. The first-order valence-corrected chi connectivity index (χ1v) is 8.70. The third kappa shape index (κ3) is 2.12. The van der Waals surface area contributed by atoms with Gasteiger partial charge in [-0.15, -0.1) is 0 Å². The van der Waals surface area contributed by atoms with Crippen LogP contribution in [0.4, 0.5) is 0 Å². The van der Waals surface area contributed by atoms with Gasteiger partial charge in [0.25, 0.3) is 5.91 Å². The number of halogens is 1. The first kappa shape index (κ1) is 14.9. The first-order valence-electron chi connectivity index (χ1n) is 8.32. The summed E-state index contributed by atoms with van der Waals surface area (Å²) in [6, 6.07) is 13.8. The van der Waals surface area contributed by atoms with E-state index >= 15 is 0 Å². The quantitative estimate of drug-likeness (QED) is 0.674. The molecule has 4 heterocycles. The van der Waals surface area contributed by atoms with Crippen LogP contribution in [-0.2, 0) is 16.9 Å². The Balaban J connectivity index is 1.50. The lowest BCUT2D eigenvalue weighted by atomic mass is 9.92. The molecule has 3 aromatic rings. The molecule has 1 fully saturated rings. The minimum absolute atomic E-state index is 0.103. The summed E-state index contributed by atoms with van der Waals surface area (Å²) in [5.41, 5.74) is 3.12. The highest BCUT2D eigenvalue weighted by atomic mass is 35.5. The maximum Gasteiger partial charge on any atom is 0.274 e. The summed E-state index contributed by atoms with van der Waals surface area (Å²) in [5.74, 6) is -0.103. The average Bonchev–Trinajstić information content (AvgIpc) is 3.31. The molecule has 0 N–H and O–H groups in total. The number of benzene rings is 1. The number of aromatic nitrogens is 2. The van der Waals surface area contributed by atoms with Crippen molar-refractivity contribution in [2.24, 2.45) is 0 Å². The van der Waals surface area contributed by atoms with Crippen LogP contribution in [0.25, 0.3) is 5.65 Å². The predicted octanol–water partition coefficient (Wildman–Crippen LogP) is 3.26. The number of fused-ring (bicyclic) bond motifs is 3. The van der Waals surface area contributed by atoms with Crippen molar-refractivity contribution < 1.29 is 9.53 Å². The minimum Gasteiger partial charge on any atom is -0.364 e. The van der Waals surface area contributed by atoms with Gasteiger partial charge in [-0.05, 0) is 29.7 Å². The van der Waals surface area contributed by atoms with Crippen LogP contribution in [0.15, 0.2) is 48.7 Å². The Morgan fingerprint density at radius 1 is 1.20 bits per heavy atom. The number of likely N-dealkylation sites (tertiary alicyclic amines) is 1. The van der Waals surface area contributed by atoms with Gasteiger partial charge in [-0.1, -0.05) is 41.9 Å². The van der Waals surface area contributed by atoms with Crippen LogP contribution in [0, 0.1) is 0 Å². The van der Waals surface area contributed by atoms with Crippen LogP contribution in [0.3, 0.4) is 0 Å². The summed E-state index contributed by atoms with van der Waals surface area (Å²) in [4.78, 5) is 19.2. The van der Waals surface area contributed by atoms with Crippen LogP contribution in [0.1, 0.15) is 28.0 Å². The van der Waals surface area contributed by atoms with Gasteiger partial charge in [0.15, 0.2) is 10.8 Å². The van der Waals surface area contributed by atoms with E-state index in [0.29, 0.717) is 31.0 Å². The second-order valence-electron chi connectivity index (χ2n) is 6.60. The van der Waals surface area contributed by atoms with Gasteiger partial charge in [0, 0.05) is 12.7 Å². The Morgan fingerprint density at radius 3 is 2.96 bits per heavy atom. The molecular formula is C19H16ClN3O2. The normalized spacial score (nSPS) is 22.0. The predicted molar refractivity (Wildman–Crippen MR) is 93.6 cm³/mol. The summed E-state index contributed by atoms with van der Waals surface area (Å²) >= 11 is 6.26. The van der Waals surface area contributed by atoms with Crippen LogP contribution in [0.5, 0.6) is 0 Å². The van der Waals surface area contributed by atoms with Crippen LogP contribution in [-0.4, -0.2) is 33.3 Å². The number of hydrogen-bond donors (Lipinski definition) is 0. The fraction of sp³-hybridized carbons (Fsp3) is 0.263. The molecule has 0 bridgehead atoms. The standard InChI is InChI=1S/C19H16ClN3O2/c20-17-16(23-9-4-3-7-15(23)21-17)18(24)22-10-8-19(12-22)14-6-2-1-5-13(14)11-25-19/h1-7,9H,8,10-12H2. The minimum atomic E-state index is -0.390. The molecule has 126 valence electrons. The fourth-order valence-electron chi connectivity index (χ4n) is 3.99. The third-order valence-electron chi connectivity index (χ3n) is 5.22. The topological polar surface area (TPSA) is 46.8 Å². The molecular weight excluding hydrogens is 338 g/mol. The smallest absolute Gasteiger partial charge is 0.274 e. The lowest BCUT2D eigenvalue weighted by molar-refractivity contribution is -0.0283. The van der Waals surface area contributed by atoms with Crippen LogP contribution < -0.4 is 0 Å². The number of carbonyl (C=O) groups excluding carboxylic acids is 1. The highest BCUT2D eigenvalue weighted by Gasteiger charge is 2.47. The van der Waals surface area contributed by atoms with Gasteiger partial charge < -0.3 is 9.64 Å². The van der Waals surface area contributed by atoms with Gasteiger partial charge in [0.1, 0.15) is 11.2 Å². The molecule has 1 atom stereocenters. The second kappa shape index (κ2) is 5.31. The summed E-state index contributed by atoms with van der Waals surface area (Å²) < 4.78 is 7.89. The Hall–Kier alpha value is -2.37. The van der Waals surface area contributed by atoms with Crippen molar-refractivity contribution in [1.82, 2.24) is 14.3 Å². The van der Waals surface area contributed by atoms with Gasteiger partial charge in [-0.3, -0.25) is 9.20 Å². The van der Waals surface area contributed by atoms with Crippen molar-refractivity contribution in [1.29, 1.82) is 0 Å². The highest BCUT2D eigenvalue weighted by Crippen LogP contribution is 2.43. The molecule has 1 amide bonds. The molecule has 5 nitrogen and oxygen atoms in total. The molecule has 1 spiro atoms. The molecule has 1 aromatic carbocycles. The molecule has 25 heavy (non-hydrogen) atoms. The molecule has 6 heteroatoms. The van der Waals surface area contributed by atoms with E-state index < -0.39 is 0 Å². The Labute approximate surface area is 149 Å². The fourth-order valence-corrected chi connectivity index (χ4v) is 4.24. The van der Waals surface area contributed by atoms with Crippen molar-refractivity contribution in [3.8, 4) is 0 Å². The molecule has 2 aliphatic heterocycles. The number of nitrogens with zero attached hydrogens (tertiary/aromatic N) is 3. The second-order valence-corrected chi connectivity index (χ2v) is 6.95. The summed E-state index contributed by atoms with van der Waals surface area (Å²) in [6.45, 7) is 1.79. The Morgan fingerprint density at radius 2 is 2.04 bits per heavy atom. The maximum atomic E-state index is 13.1. The van der Waals surface area contributed by atoms with E-state index in [1.54, 1.807) is 4.40 Å². The number of ether oxygens (including phenoxy) is 1. The monoisotopic (exact) mass is 353 g/mol. The van der Waals surface area contributed by atoms with Crippen LogP contribution in [0.2, 0.25) is 5.15 Å². The number of amides is 1. The lowest BCUT2D eigenvalue weighted by Crippen LogP contribution is -2.35. The Kier molecular flexibility index (Phi) is 3.17. The molecule has 0 aliphatic carbocycles. The lowest BCUT2D eigenvalue weighted by Gasteiger charge is -2.24. The van der Waals surface area contributed by atoms with E-state index in [-0.39, 0.29) is 16.7 Å². The molecule has 2 aliphatic rings. The van der Waals surface area contributed by atoms with Crippen molar-refractivity contribution in [3.05, 3.63) is 70.6 Å². The van der Waals surface area contributed by atoms with E-state index in [0.717, 1.165) is 6.42 Å². The summed E-state index contributed by atoms with van der Waals surface area (Å²) in [6.07, 6.45) is 2.61. The molecule has 0 radical (unpaired) electrons. The number of hydrogen-bond acceptors (Lipinski definition) is 3. The molecule has 0 saturated carbocycles. The van der Waals surface area contributed by atoms with Gasteiger partial charge in [0.05, 0.1) is 13.2 Å². The number of carbonyl (C=O) groups is 1. The molecule has 1 saturated heterocycles. The zero-order chi connectivity index (χ0) is 17.0. The van der Waals surface area contributed by atoms with E-state index in [1.165, 1.54) is 11.1 Å². The largest absolute Gasteiger partial charge is 0.364 e. The third-order valence-corrected chi connectivity index (χ3v) is 5.48. The average molecular weight is 354 g/mol. The van der Waals surface area contributed by atoms with Crippen molar-refractivity contribution in [3.63, 3.8) is 0 Å². The molecule has 5 rings (SSSR count). The number of pyridine rings is 1. The summed E-state index contributed by atoms with van der Waals surface area (Å²) in [7, 11) is 0. The van der Waals surface area contributed by atoms with Gasteiger partial charge in [-0.2, -0.15) is 0 Å². The number of rotatable bonds is 1. The summed E-state index contributed by atoms with van der Waals surface area (Å²) in [5, 5.41) is 0.241. The Bertz CT molecular complexity index is 999. The van der Waals surface area contributed by atoms with Crippen molar-refractivity contribution in [2.45, 2.75) is 18.6 Å². The number of imidazole rings is 1. The zero-order valence-corrected chi connectivity index (χ0v) is 14.2. The van der Waals surface area contributed by atoms with Crippen molar-refractivity contribution >= 4 is 23.2 Å². The maximum absolute atomic E-state index is 13.1. The highest BCUT2D eigenvalue weighted by molar-refractivity contribution is 6.32. The zero-order valence-electron chi connectivity index (χ0n) is 13.5. The van der Waals surface area contributed by atoms with E-state index in [4.69, 9.17) is 16.3 Å². The van der Waals surface area contributed by atoms with E-state index in [2.05, 4.69) is 17.1 Å². The van der Waals surface area contributed by atoms with Crippen LogP contribution >= 0.6 is 11.6 Å². The van der Waals surface area contributed by atoms with Crippen molar-refractivity contribution in [2.75, 3.05) is 13.1 Å². The van der Waals surface area contributed by atoms with Gasteiger partial charge in [0.2, 0.25) is 0 Å². The van der Waals surface area contributed by atoms with Gasteiger partial charge in [-0.25, -0.2) is 4.98 Å². The van der Waals surface area contributed by atoms with E-state index in [1.807, 2.05) is 41.4 Å². The first-order chi connectivity index (χ1) is 12.2. The van der Waals surface area contributed by atoms with Gasteiger partial charge >= 0.3 is 0 Å². The molecule has 2 aromatic heterocycles. The van der Waals surface area contributed by atoms with E-state index in [9.17, 15) is 4.79 Å².